The molecule has 1 heterocycles. The summed E-state index contributed by atoms with van der Waals surface area (Å²) in [6, 6.07) is 12.3. The van der Waals surface area contributed by atoms with Crippen LogP contribution in [-0.4, -0.2) is 55.4 Å². The Balaban J connectivity index is 1.40. The van der Waals surface area contributed by atoms with Crippen LogP contribution in [0.2, 0.25) is 0 Å². The molecule has 1 atom stereocenters. The number of ether oxygens (including phenoxy) is 1. The Hall–Kier alpha value is -2.18. The van der Waals surface area contributed by atoms with E-state index in [4.69, 9.17) is 4.74 Å². The largest absolute Gasteiger partial charge is 0.491 e. The number of hydrogen-bond acceptors (Lipinski definition) is 4. The summed E-state index contributed by atoms with van der Waals surface area (Å²) in [5, 5.41) is 10.1. The molecule has 1 N–H and O–H groups in total. The summed E-state index contributed by atoms with van der Waals surface area (Å²) in [6.45, 7) is 4.01. The molecule has 2 aromatic carbocycles. The molecule has 4 nitrogen and oxygen atoms in total. The van der Waals surface area contributed by atoms with Crippen LogP contribution in [0, 0.1) is 11.6 Å². The predicted molar refractivity (Wildman–Crippen MR) is 93.0 cm³/mol. The van der Waals surface area contributed by atoms with Gasteiger partial charge in [-0.2, -0.15) is 0 Å². The van der Waals surface area contributed by atoms with Crippen molar-refractivity contribution in [3.8, 4) is 5.75 Å². The van der Waals surface area contributed by atoms with Gasteiger partial charge in [-0.3, -0.25) is 4.90 Å². The Bertz CT molecular complexity index is 656. The molecule has 1 aliphatic rings. The van der Waals surface area contributed by atoms with Gasteiger partial charge < -0.3 is 14.7 Å². The van der Waals surface area contributed by atoms with Crippen LogP contribution in [0.5, 0.6) is 5.75 Å². The molecule has 2 aromatic rings. The number of piperazine rings is 1. The Morgan fingerprint density at radius 3 is 2.04 bits per heavy atom. The first-order chi connectivity index (χ1) is 12.1. The highest BCUT2D eigenvalue weighted by atomic mass is 19.1. The van der Waals surface area contributed by atoms with E-state index in [0.717, 1.165) is 31.9 Å². The summed E-state index contributed by atoms with van der Waals surface area (Å²) in [5.41, 5.74) is 1.02. The van der Waals surface area contributed by atoms with E-state index in [0.29, 0.717) is 12.3 Å². The van der Waals surface area contributed by atoms with Crippen molar-refractivity contribution < 1.29 is 18.6 Å². The van der Waals surface area contributed by atoms with E-state index < -0.39 is 6.10 Å². The van der Waals surface area contributed by atoms with Crippen molar-refractivity contribution >= 4 is 5.69 Å². The maximum Gasteiger partial charge on any atom is 0.123 e. The number of anilines is 1. The fraction of sp³-hybridized carbons (Fsp3) is 0.368. The lowest BCUT2D eigenvalue weighted by molar-refractivity contribution is 0.0663. The SMILES string of the molecule is O[C@@H](COc1ccc(F)cc1)CN1CCN(c2ccc(F)cc2)CC1. The minimum absolute atomic E-state index is 0.170. The van der Waals surface area contributed by atoms with Crippen molar-refractivity contribution in [1.29, 1.82) is 0 Å². The molecule has 6 heteroatoms. The first-order valence-electron chi connectivity index (χ1n) is 8.39. The molecule has 0 bridgehead atoms. The number of benzene rings is 2. The van der Waals surface area contributed by atoms with E-state index in [1.54, 1.807) is 24.3 Å². The van der Waals surface area contributed by atoms with Gasteiger partial charge in [0.25, 0.3) is 0 Å². The topological polar surface area (TPSA) is 35.9 Å². The zero-order valence-corrected chi connectivity index (χ0v) is 13.9. The summed E-state index contributed by atoms with van der Waals surface area (Å²) < 4.78 is 31.3. The standard InChI is InChI=1S/C19H22F2N2O2/c20-15-1-5-17(6-2-15)23-11-9-22(10-12-23)13-18(24)14-25-19-7-3-16(21)4-8-19/h1-8,18,24H,9-14H2/t18-/m1/s1. The number of aliphatic hydroxyl groups is 1. The fourth-order valence-electron chi connectivity index (χ4n) is 2.91. The van der Waals surface area contributed by atoms with Gasteiger partial charge in [0.2, 0.25) is 0 Å². The third-order valence-corrected chi connectivity index (χ3v) is 4.29. The van der Waals surface area contributed by atoms with Crippen molar-refractivity contribution in [3.05, 3.63) is 60.2 Å². The molecule has 0 aromatic heterocycles. The highest BCUT2D eigenvalue weighted by molar-refractivity contribution is 5.46. The fourth-order valence-corrected chi connectivity index (χ4v) is 2.91. The van der Waals surface area contributed by atoms with Crippen LogP contribution in [0.25, 0.3) is 0 Å². The number of nitrogens with zero attached hydrogens (tertiary/aromatic N) is 2. The first-order valence-corrected chi connectivity index (χ1v) is 8.39. The normalized spacial score (nSPS) is 16.7. The zero-order valence-electron chi connectivity index (χ0n) is 13.9. The number of rotatable bonds is 6. The molecule has 0 saturated carbocycles. The summed E-state index contributed by atoms with van der Waals surface area (Å²) in [7, 11) is 0. The lowest BCUT2D eigenvalue weighted by atomic mass is 10.2. The molecule has 0 amide bonds. The second-order valence-electron chi connectivity index (χ2n) is 6.18. The number of halogens is 2. The highest BCUT2D eigenvalue weighted by Gasteiger charge is 2.19. The van der Waals surface area contributed by atoms with E-state index in [2.05, 4.69) is 9.80 Å². The van der Waals surface area contributed by atoms with Crippen LogP contribution >= 0.6 is 0 Å². The van der Waals surface area contributed by atoms with E-state index in [1.807, 2.05) is 0 Å². The van der Waals surface area contributed by atoms with Crippen LogP contribution in [0.15, 0.2) is 48.5 Å². The van der Waals surface area contributed by atoms with Gasteiger partial charge in [0.15, 0.2) is 0 Å². The molecule has 1 fully saturated rings. The van der Waals surface area contributed by atoms with Gasteiger partial charge in [0.1, 0.15) is 30.1 Å². The predicted octanol–water partition coefficient (Wildman–Crippen LogP) is 2.53. The quantitative estimate of drug-likeness (QED) is 0.870. The molecule has 0 unspecified atom stereocenters. The highest BCUT2D eigenvalue weighted by Crippen LogP contribution is 2.17. The van der Waals surface area contributed by atoms with Gasteiger partial charge in [0.05, 0.1) is 0 Å². The number of aliphatic hydroxyl groups excluding tert-OH is 1. The van der Waals surface area contributed by atoms with Crippen molar-refractivity contribution in [1.82, 2.24) is 4.90 Å². The van der Waals surface area contributed by atoms with Crippen LogP contribution in [0.4, 0.5) is 14.5 Å². The third-order valence-electron chi connectivity index (χ3n) is 4.29. The average Bonchev–Trinajstić information content (AvgIpc) is 2.63. The van der Waals surface area contributed by atoms with Crippen LogP contribution in [-0.2, 0) is 0 Å². The van der Waals surface area contributed by atoms with Gasteiger partial charge >= 0.3 is 0 Å². The Morgan fingerprint density at radius 2 is 1.44 bits per heavy atom. The molecular weight excluding hydrogens is 326 g/mol. The van der Waals surface area contributed by atoms with Gasteiger partial charge in [-0.05, 0) is 48.5 Å². The van der Waals surface area contributed by atoms with Gasteiger partial charge in [-0.25, -0.2) is 8.78 Å². The second-order valence-corrected chi connectivity index (χ2v) is 6.18. The summed E-state index contributed by atoms with van der Waals surface area (Å²) in [4.78, 5) is 4.38. The van der Waals surface area contributed by atoms with Crippen LogP contribution in [0.1, 0.15) is 0 Å². The average molecular weight is 348 g/mol. The van der Waals surface area contributed by atoms with Gasteiger partial charge in [-0.1, -0.05) is 0 Å². The van der Waals surface area contributed by atoms with E-state index >= 15 is 0 Å². The molecule has 0 radical (unpaired) electrons. The van der Waals surface area contributed by atoms with E-state index in [9.17, 15) is 13.9 Å². The summed E-state index contributed by atoms with van der Waals surface area (Å²) >= 11 is 0. The van der Waals surface area contributed by atoms with Gasteiger partial charge in [-0.15, -0.1) is 0 Å². The van der Waals surface area contributed by atoms with Crippen molar-refractivity contribution in [3.63, 3.8) is 0 Å². The molecule has 1 saturated heterocycles. The van der Waals surface area contributed by atoms with Crippen molar-refractivity contribution in [2.24, 2.45) is 0 Å². The number of hydrogen-bond donors (Lipinski definition) is 1. The van der Waals surface area contributed by atoms with Crippen molar-refractivity contribution in [2.45, 2.75) is 6.10 Å². The Kier molecular flexibility index (Phi) is 5.83. The molecule has 3 rings (SSSR count). The van der Waals surface area contributed by atoms with Gasteiger partial charge in [0, 0.05) is 38.4 Å². The number of β-amino-alcohol motifs (C(OH)–C–C–N with tert-alkyl or cyclic N) is 1. The lowest BCUT2D eigenvalue weighted by Crippen LogP contribution is -2.49. The van der Waals surface area contributed by atoms with E-state index in [-0.39, 0.29) is 18.2 Å². The summed E-state index contributed by atoms with van der Waals surface area (Å²) in [5.74, 6) is 0.000154. The molecule has 134 valence electrons. The second kappa shape index (κ2) is 8.27. The minimum Gasteiger partial charge on any atom is -0.491 e. The Morgan fingerprint density at radius 1 is 0.880 bits per heavy atom. The Labute approximate surface area is 146 Å². The summed E-state index contributed by atoms with van der Waals surface area (Å²) in [6.07, 6.45) is -0.609. The van der Waals surface area contributed by atoms with Crippen molar-refractivity contribution in [2.75, 3.05) is 44.2 Å². The maximum absolute atomic E-state index is 13.0. The lowest BCUT2D eigenvalue weighted by Gasteiger charge is -2.36. The molecule has 0 aliphatic carbocycles. The zero-order chi connectivity index (χ0) is 17.6. The molecule has 0 spiro atoms. The minimum atomic E-state index is -0.609. The molecular formula is C19H22F2N2O2. The molecule has 25 heavy (non-hydrogen) atoms. The smallest absolute Gasteiger partial charge is 0.123 e. The third kappa shape index (κ3) is 5.14. The van der Waals surface area contributed by atoms with E-state index in [1.165, 1.54) is 24.3 Å². The molecule has 1 aliphatic heterocycles. The maximum atomic E-state index is 13.0. The monoisotopic (exact) mass is 348 g/mol. The first kappa shape index (κ1) is 17.6. The van der Waals surface area contributed by atoms with Crippen LogP contribution < -0.4 is 9.64 Å². The van der Waals surface area contributed by atoms with Crippen LogP contribution in [0.3, 0.4) is 0 Å².